The molecule has 0 radical (unpaired) electrons. The fourth-order valence-corrected chi connectivity index (χ4v) is 2.20. The number of rotatable bonds is 2. The van der Waals surface area contributed by atoms with Crippen molar-refractivity contribution >= 4 is 17.5 Å². The number of halogens is 1. The molecule has 0 aliphatic carbocycles. The van der Waals surface area contributed by atoms with Crippen molar-refractivity contribution < 1.29 is 4.79 Å². The normalized spacial score (nSPS) is 20.4. The van der Waals surface area contributed by atoms with Crippen LogP contribution < -0.4 is 5.32 Å². The van der Waals surface area contributed by atoms with Gasteiger partial charge >= 0.3 is 0 Å². The van der Waals surface area contributed by atoms with Gasteiger partial charge in [-0.05, 0) is 19.9 Å². The van der Waals surface area contributed by atoms with Gasteiger partial charge < -0.3 is 10.2 Å². The first-order chi connectivity index (χ1) is 8.22. The molecule has 5 nitrogen and oxygen atoms in total. The molecule has 17 heavy (non-hydrogen) atoms. The molecule has 1 aromatic rings. The summed E-state index contributed by atoms with van der Waals surface area (Å²) in [6, 6.07) is 0.355. The number of nitrogens with one attached hydrogen (secondary N) is 1. The minimum Gasteiger partial charge on any atom is -0.336 e. The van der Waals surface area contributed by atoms with Gasteiger partial charge in [0, 0.05) is 25.3 Å². The zero-order valence-electron chi connectivity index (χ0n) is 9.69. The predicted octanol–water partition coefficient (Wildman–Crippen LogP) is 0.954. The van der Waals surface area contributed by atoms with Crippen molar-refractivity contribution in [2.75, 3.05) is 20.1 Å². The Balaban J connectivity index is 2.12. The lowest BCUT2D eigenvalue weighted by Crippen LogP contribution is -2.47. The Labute approximate surface area is 105 Å². The fourth-order valence-electron chi connectivity index (χ4n) is 2.02. The van der Waals surface area contributed by atoms with Crippen molar-refractivity contribution in [2.45, 2.75) is 18.9 Å². The van der Waals surface area contributed by atoms with Gasteiger partial charge in [0.15, 0.2) is 0 Å². The summed E-state index contributed by atoms with van der Waals surface area (Å²) >= 11 is 5.92. The van der Waals surface area contributed by atoms with E-state index in [0.29, 0.717) is 23.3 Å². The first-order valence-corrected chi connectivity index (χ1v) is 6.02. The summed E-state index contributed by atoms with van der Waals surface area (Å²) in [4.78, 5) is 21.7. The smallest absolute Gasteiger partial charge is 0.274 e. The number of hydrogen-bond acceptors (Lipinski definition) is 4. The van der Waals surface area contributed by atoms with Crippen LogP contribution in [0.5, 0.6) is 0 Å². The average Bonchev–Trinajstić information content (AvgIpc) is 2.38. The maximum absolute atomic E-state index is 12.2. The number of hydrogen-bond donors (Lipinski definition) is 1. The molecule has 1 N–H and O–H groups in total. The van der Waals surface area contributed by atoms with E-state index < -0.39 is 0 Å². The number of piperidine rings is 1. The summed E-state index contributed by atoms with van der Waals surface area (Å²) in [7, 11) is 1.91. The second kappa shape index (κ2) is 5.42. The lowest BCUT2D eigenvalue weighted by Gasteiger charge is -2.32. The molecule has 2 heterocycles. The highest BCUT2D eigenvalue weighted by molar-refractivity contribution is 6.33. The van der Waals surface area contributed by atoms with Gasteiger partial charge in [-0.3, -0.25) is 4.79 Å². The zero-order valence-corrected chi connectivity index (χ0v) is 10.4. The summed E-state index contributed by atoms with van der Waals surface area (Å²) in [5, 5.41) is 3.50. The summed E-state index contributed by atoms with van der Waals surface area (Å²) in [5.41, 5.74) is 0.290. The molecule has 6 heteroatoms. The molecule has 1 saturated heterocycles. The number of carbonyl (C=O) groups is 1. The molecular weight excluding hydrogens is 240 g/mol. The van der Waals surface area contributed by atoms with E-state index >= 15 is 0 Å². The van der Waals surface area contributed by atoms with Crippen LogP contribution in [-0.2, 0) is 0 Å². The topological polar surface area (TPSA) is 58.1 Å². The zero-order chi connectivity index (χ0) is 12.3. The van der Waals surface area contributed by atoms with Crippen molar-refractivity contribution in [3.8, 4) is 0 Å². The Morgan fingerprint density at radius 3 is 3.18 bits per heavy atom. The van der Waals surface area contributed by atoms with Gasteiger partial charge in [0.05, 0.1) is 5.02 Å². The van der Waals surface area contributed by atoms with Gasteiger partial charge in [0.1, 0.15) is 12.0 Å². The maximum atomic E-state index is 12.2. The van der Waals surface area contributed by atoms with E-state index in [-0.39, 0.29) is 5.91 Å². The fraction of sp³-hybridized carbons (Fsp3) is 0.545. The van der Waals surface area contributed by atoms with Crippen molar-refractivity contribution in [3.05, 3.63) is 23.2 Å². The Hall–Kier alpha value is -1.20. The molecule has 0 spiro atoms. The second-order valence-electron chi connectivity index (χ2n) is 4.10. The van der Waals surface area contributed by atoms with Gasteiger partial charge in [-0.2, -0.15) is 0 Å². The number of nitrogens with zero attached hydrogens (tertiary/aromatic N) is 3. The summed E-state index contributed by atoms with van der Waals surface area (Å²) in [6.07, 6.45) is 4.89. The molecule has 0 bridgehead atoms. The summed E-state index contributed by atoms with van der Waals surface area (Å²) in [5.74, 6) is -0.114. The van der Waals surface area contributed by atoms with Gasteiger partial charge in [-0.25, -0.2) is 9.97 Å². The molecule has 1 amide bonds. The monoisotopic (exact) mass is 254 g/mol. The van der Waals surface area contributed by atoms with E-state index in [1.54, 1.807) is 4.90 Å². The third kappa shape index (κ3) is 2.73. The summed E-state index contributed by atoms with van der Waals surface area (Å²) in [6.45, 7) is 1.47. The molecule has 1 aliphatic heterocycles. The highest BCUT2D eigenvalue weighted by atomic mass is 35.5. The van der Waals surface area contributed by atoms with Crippen LogP contribution in [0.25, 0.3) is 0 Å². The van der Waals surface area contributed by atoms with E-state index in [0.717, 1.165) is 19.4 Å². The largest absolute Gasteiger partial charge is 0.336 e. The van der Waals surface area contributed by atoms with E-state index in [9.17, 15) is 4.79 Å². The highest BCUT2D eigenvalue weighted by Crippen LogP contribution is 2.17. The van der Waals surface area contributed by atoms with E-state index in [4.69, 9.17) is 11.6 Å². The van der Waals surface area contributed by atoms with Crippen LogP contribution >= 0.6 is 11.6 Å². The van der Waals surface area contributed by atoms with E-state index in [1.807, 2.05) is 7.05 Å². The minimum atomic E-state index is -0.114. The molecule has 0 saturated carbocycles. The third-order valence-electron chi connectivity index (χ3n) is 2.99. The van der Waals surface area contributed by atoms with Crippen molar-refractivity contribution in [1.29, 1.82) is 0 Å². The Morgan fingerprint density at radius 2 is 2.47 bits per heavy atom. The molecule has 1 aromatic heterocycles. The number of likely N-dealkylation sites (N-methyl/N-ethyl adjacent to an activating group) is 1. The number of carbonyl (C=O) groups excluding carboxylic acids is 1. The second-order valence-corrected chi connectivity index (χ2v) is 4.51. The number of aromatic nitrogens is 2. The van der Waals surface area contributed by atoms with E-state index in [2.05, 4.69) is 15.3 Å². The van der Waals surface area contributed by atoms with Crippen LogP contribution in [-0.4, -0.2) is 47.0 Å². The van der Waals surface area contributed by atoms with Crippen LogP contribution in [0, 0.1) is 0 Å². The molecule has 0 unspecified atom stereocenters. The number of likely N-dealkylation sites (tertiary alicyclic amines) is 1. The lowest BCUT2D eigenvalue weighted by molar-refractivity contribution is 0.0692. The molecule has 0 aromatic carbocycles. The Kier molecular flexibility index (Phi) is 3.91. The molecule has 1 aliphatic rings. The molecular formula is C11H15ClN4O. The SMILES string of the molecule is CN[C@H]1CCCN(C(=O)c2ncncc2Cl)C1. The van der Waals surface area contributed by atoms with Crippen LogP contribution in [0.4, 0.5) is 0 Å². The van der Waals surface area contributed by atoms with Crippen molar-refractivity contribution in [3.63, 3.8) is 0 Å². The van der Waals surface area contributed by atoms with Gasteiger partial charge in [0.2, 0.25) is 0 Å². The van der Waals surface area contributed by atoms with Crippen LogP contribution in [0.1, 0.15) is 23.3 Å². The molecule has 1 fully saturated rings. The third-order valence-corrected chi connectivity index (χ3v) is 3.26. The summed E-state index contributed by atoms with van der Waals surface area (Å²) < 4.78 is 0. The highest BCUT2D eigenvalue weighted by Gasteiger charge is 2.25. The van der Waals surface area contributed by atoms with Crippen LogP contribution in [0.3, 0.4) is 0 Å². The van der Waals surface area contributed by atoms with Crippen LogP contribution in [0.2, 0.25) is 5.02 Å². The Morgan fingerprint density at radius 1 is 1.65 bits per heavy atom. The van der Waals surface area contributed by atoms with Crippen molar-refractivity contribution in [2.24, 2.45) is 0 Å². The molecule has 1 atom stereocenters. The quantitative estimate of drug-likeness (QED) is 0.854. The van der Waals surface area contributed by atoms with E-state index in [1.165, 1.54) is 12.5 Å². The first kappa shape index (κ1) is 12.3. The first-order valence-electron chi connectivity index (χ1n) is 5.64. The number of amides is 1. The van der Waals surface area contributed by atoms with Crippen molar-refractivity contribution in [1.82, 2.24) is 20.2 Å². The maximum Gasteiger partial charge on any atom is 0.274 e. The van der Waals surface area contributed by atoms with Gasteiger partial charge in [-0.15, -0.1) is 0 Å². The average molecular weight is 255 g/mol. The van der Waals surface area contributed by atoms with Gasteiger partial charge in [0.25, 0.3) is 5.91 Å². The minimum absolute atomic E-state index is 0.114. The van der Waals surface area contributed by atoms with Gasteiger partial charge in [-0.1, -0.05) is 11.6 Å². The van der Waals surface area contributed by atoms with Crippen LogP contribution in [0.15, 0.2) is 12.5 Å². The predicted molar refractivity (Wildman–Crippen MR) is 65.0 cm³/mol. The lowest BCUT2D eigenvalue weighted by atomic mass is 10.1. The standard InChI is InChI=1S/C11H15ClN4O/c1-13-8-3-2-4-16(6-8)11(17)10-9(12)5-14-7-15-10/h5,7-8,13H,2-4,6H2,1H3/t8-/m0/s1. The molecule has 2 rings (SSSR count). The molecule has 92 valence electrons. The Bertz CT molecular complexity index is 412.